The van der Waals surface area contributed by atoms with E-state index in [2.05, 4.69) is 5.32 Å². The zero-order valence-electron chi connectivity index (χ0n) is 11.1. The average molecular weight is 318 g/mol. The maximum Gasteiger partial charge on any atom is 0.356 e. The summed E-state index contributed by atoms with van der Waals surface area (Å²) < 4.78 is 4.98. The predicted molar refractivity (Wildman–Crippen MR) is 82.3 cm³/mol. The minimum Gasteiger partial charge on any atom is -0.463 e. The van der Waals surface area contributed by atoms with E-state index in [1.165, 1.54) is 0 Å². The van der Waals surface area contributed by atoms with E-state index in [9.17, 15) is 9.59 Å². The molecule has 1 amide bonds. The predicted octanol–water partition coefficient (Wildman–Crippen LogP) is 0.928. The third-order valence-electron chi connectivity index (χ3n) is 2.77. The van der Waals surface area contributed by atoms with Gasteiger partial charge in [0.25, 0.3) is 0 Å². The number of halogens is 1. The first kappa shape index (κ1) is 16.8. The van der Waals surface area contributed by atoms with Crippen molar-refractivity contribution < 1.29 is 14.3 Å². The minimum atomic E-state index is -0.592. The number of carbonyl (C=O) groups is 2. The van der Waals surface area contributed by atoms with Gasteiger partial charge in [-0.1, -0.05) is 12.1 Å². The number of hydrogen-bond donors (Lipinski definition) is 2. The number of hydrogen-bond acceptors (Lipinski definition) is 4. The van der Waals surface area contributed by atoms with E-state index >= 15 is 0 Å². The van der Waals surface area contributed by atoms with Crippen LogP contribution in [0.2, 0.25) is 0 Å². The molecule has 1 aliphatic heterocycles. The van der Waals surface area contributed by atoms with Crippen molar-refractivity contribution in [2.45, 2.75) is 17.9 Å². The van der Waals surface area contributed by atoms with Gasteiger partial charge < -0.3 is 15.8 Å². The number of rotatable bonds is 3. The summed E-state index contributed by atoms with van der Waals surface area (Å²) in [5, 5.41) is 2.80. The summed E-state index contributed by atoms with van der Waals surface area (Å²) in [6.45, 7) is 2.14. The lowest BCUT2D eigenvalue weighted by Gasteiger charge is -2.08. The number of anilines is 1. The lowest BCUT2D eigenvalue weighted by molar-refractivity contribution is -0.139. The number of ether oxygens (including phenoxy) is 1. The van der Waals surface area contributed by atoms with Crippen LogP contribution in [-0.2, 0) is 25.2 Å². The van der Waals surface area contributed by atoms with E-state index in [0.717, 1.165) is 10.6 Å². The first-order chi connectivity index (χ1) is 9.11. The highest BCUT2D eigenvalue weighted by molar-refractivity contribution is 7.97. The molecule has 0 saturated heterocycles. The van der Waals surface area contributed by atoms with Crippen LogP contribution in [0.4, 0.5) is 5.69 Å². The van der Waals surface area contributed by atoms with Gasteiger partial charge in [0.2, 0.25) is 11.7 Å². The van der Waals surface area contributed by atoms with Crippen LogP contribution >= 0.6 is 12.4 Å². The number of esters is 1. The molecule has 1 aliphatic rings. The molecule has 0 saturated carbocycles. The summed E-state index contributed by atoms with van der Waals surface area (Å²) in [7, 11) is -0.402. The quantitative estimate of drug-likeness (QED) is 0.642. The van der Waals surface area contributed by atoms with Gasteiger partial charge in [0.05, 0.1) is 12.3 Å². The molecule has 2 atom stereocenters. The highest BCUT2D eigenvalue weighted by Gasteiger charge is 2.37. The number of nitrogens with one attached hydrogen (secondary N) is 1. The number of carbonyl (C=O) groups excluding carboxylic acids is 2. The van der Waals surface area contributed by atoms with Crippen molar-refractivity contribution in [2.24, 2.45) is 5.73 Å². The van der Waals surface area contributed by atoms with Crippen LogP contribution in [0.3, 0.4) is 0 Å². The van der Waals surface area contributed by atoms with Crippen LogP contribution in [0.5, 0.6) is 0 Å². The van der Waals surface area contributed by atoms with E-state index in [1.54, 1.807) is 6.92 Å². The fourth-order valence-corrected chi connectivity index (χ4v) is 4.02. The molecule has 0 aliphatic carbocycles. The smallest absolute Gasteiger partial charge is 0.356 e. The Morgan fingerprint density at radius 1 is 1.50 bits per heavy atom. The Labute approximate surface area is 127 Å². The normalized spacial score (nSPS) is 21.0. The number of nitrogens with two attached hydrogens (primary N) is 1. The molecule has 0 spiro atoms. The van der Waals surface area contributed by atoms with Gasteiger partial charge in [0.1, 0.15) is 11.8 Å². The van der Waals surface area contributed by atoms with Crippen molar-refractivity contribution in [1.29, 1.82) is 0 Å². The number of fused-ring (bicyclic) bond motifs is 1. The zero-order valence-corrected chi connectivity index (χ0v) is 12.8. The summed E-state index contributed by atoms with van der Waals surface area (Å²) in [6, 6.07) is 6.91. The maximum absolute atomic E-state index is 11.8. The molecule has 2 unspecified atom stereocenters. The van der Waals surface area contributed by atoms with Gasteiger partial charge in [-0.25, -0.2) is 4.79 Å². The van der Waals surface area contributed by atoms with E-state index in [4.69, 9.17) is 10.5 Å². The fourth-order valence-electron chi connectivity index (χ4n) is 1.91. The number of para-hydroxylation sites is 1. The topological polar surface area (TPSA) is 81.4 Å². The molecule has 5 nitrogen and oxygen atoms in total. The van der Waals surface area contributed by atoms with Gasteiger partial charge >= 0.3 is 5.97 Å². The highest BCUT2D eigenvalue weighted by Crippen LogP contribution is 2.27. The van der Waals surface area contributed by atoms with Crippen molar-refractivity contribution in [3.05, 3.63) is 24.3 Å². The Morgan fingerprint density at radius 2 is 2.20 bits per heavy atom. The molecule has 0 aromatic heterocycles. The molecule has 0 fully saturated rings. The summed E-state index contributed by atoms with van der Waals surface area (Å²) in [6.07, 6.45) is 0. The van der Waals surface area contributed by atoms with Crippen LogP contribution in [0, 0.1) is 0 Å². The summed E-state index contributed by atoms with van der Waals surface area (Å²) >= 11 is 0. The Morgan fingerprint density at radius 3 is 2.90 bits per heavy atom. The summed E-state index contributed by atoms with van der Waals surface area (Å²) in [5.74, 6) is 0.295. The molecule has 1 heterocycles. The lowest BCUT2D eigenvalue weighted by atomic mass is 10.3. The second-order valence-corrected chi connectivity index (χ2v) is 6.25. The molecule has 20 heavy (non-hydrogen) atoms. The molecular weight excluding hydrogens is 300 g/mol. The van der Waals surface area contributed by atoms with Gasteiger partial charge in [-0.3, -0.25) is 4.79 Å². The van der Waals surface area contributed by atoms with Crippen LogP contribution in [0.1, 0.15) is 6.92 Å². The summed E-state index contributed by atoms with van der Waals surface area (Å²) in [5.41, 5.74) is 6.58. The van der Waals surface area contributed by atoms with E-state index < -0.39 is 16.9 Å². The van der Waals surface area contributed by atoms with Crippen molar-refractivity contribution in [3.8, 4) is 0 Å². The van der Waals surface area contributed by atoms with Crippen LogP contribution < -0.4 is 11.1 Å². The zero-order chi connectivity index (χ0) is 13.8. The second kappa shape index (κ2) is 7.52. The molecule has 2 rings (SSSR count). The molecule has 3 N–H and O–H groups in total. The first-order valence-corrected chi connectivity index (χ1v) is 7.66. The molecule has 1 aromatic carbocycles. The molecule has 1 aromatic rings. The van der Waals surface area contributed by atoms with Gasteiger partial charge in [-0.2, -0.15) is 0 Å². The molecule has 0 bridgehead atoms. The van der Waals surface area contributed by atoms with Crippen LogP contribution in [0.25, 0.3) is 0 Å². The van der Waals surface area contributed by atoms with Crippen LogP contribution in [0.15, 0.2) is 29.2 Å². The largest absolute Gasteiger partial charge is 0.463 e. The number of benzene rings is 1. The minimum absolute atomic E-state index is 0. The highest BCUT2D eigenvalue weighted by atomic mass is 35.5. The molecular formula is C13H18ClN2O3S+. The van der Waals surface area contributed by atoms with Crippen LogP contribution in [-0.4, -0.2) is 36.0 Å². The van der Waals surface area contributed by atoms with Crippen molar-refractivity contribution >= 4 is 40.9 Å². The fraction of sp³-hybridized carbons (Fsp3) is 0.385. The Kier molecular flexibility index (Phi) is 6.32. The Balaban J connectivity index is 0.00000200. The van der Waals surface area contributed by atoms with Crippen molar-refractivity contribution in [3.63, 3.8) is 0 Å². The van der Waals surface area contributed by atoms with E-state index in [-0.39, 0.29) is 30.0 Å². The summed E-state index contributed by atoms with van der Waals surface area (Å²) in [4.78, 5) is 24.4. The molecule has 0 radical (unpaired) electrons. The van der Waals surface area contributed by atoms with Gasteiger partial charge in [0.15, 0.2) is 4.90 Å². The Hall–Kier alpha value is -1.24. The third kappa shape index (κ3) is 3.88. The molecule has 110 valence electrons. The maximum atomic E-state index is 11.8. The second-order valence-electron chi connectivity index (χ2n) is 4.20. The van der Waals surface area contributed by atoms with Gasteiger partial charge in [-0.15, -0.1) is 12.4 Å². The third-order valence-corrected chi connectivity index (χ3v) is 5.09. The average Bonchev–Trinajstić information content (AvgIpc) is 2.49. The van der Waals surface area contributed by atoms with E-state index in [1.807, 2.05) is 24.3 Å². The van der Waals surface area contributed by atoms with Gasteiger partial charge in [0, 0.05) is 10.9 Å². The van der Waals surface area contributed by atoms with Gasteiger partial charge in [-0.05, 0) is 19.1 Å². The Bertz CT molecular complexity index is 498. The molecule has 7 heteroatoms. The van der Waals surface area contributed by atoms with Crippen molar-refractivity contribution in [1.82, 2.24) is 0 Å². The number of amides is 1. The standard InChI is InChI=1S/C13H16N2O3S.ClH/c1-2-18-12(16)8-19-7-9(14)13(17)15-10-5-3-4-6-11(10)19;/h3-6,9H,2,7-8,14H2,1H3;1H/p+1. The SMILES string of the molecule is CCOC(=O)C[S+]1CC(N)C(=O)Nc2ccccc21.Cl. The van der Waals surface area contributed by atoms with E-state index in [0.29, 0.717) is 12.4 Å². The lowest BCUT2D eigenvalue weighted by Crippen LogP contribution is -2.40. The first-order valence-electron chi connectivity index (χ1n) is 6.10. The van der Waals surface area contributed by atoms with Crippen molar-refractivity contribution in [2.75, 3.05) is 23.4 Å². The monoisotopic (exact) mass is 317 g/mol.